The van der Waals surface area contributed by atoms with Crippen molar-refractivity contribution in [3.05, 3.63) is 161 Å². The Kier molecular flexibility index (Phi) is 22.8. The number of rotatable bonds is 10. The summed E-state index contributed by atoms with van der Waals surface area (Å²) in [7, 11) is 0.394. The van der Waals surface area contributed by atoms with Gasteiger partial charge in [-0.25, -0.2) is 8.78 Å². The number of benzene rings is 5. The van der Waals surface area contributed by atoms with Crippen molar-refractivity contribution in [2.24, 2.45) is 0 Å². The van der Waals surface area contributed by atoms with Crippen molar-refractivity contribution in [2.75, 3.05) is 61.1 Å². The van der Waals surface area contributed by atoms with Crippen LogP contribution in [0.25, 0.3) is 32.0 Å². The zero-order valence-electron chi connectivity index (χ0n) is 51.7. The highest BCUT2D eigenvalue weighted by Crippen LogP contribution is 2.41. The number of hydrogen-bond donors (Lipinski definition) is 2. The van der Waals surface area contributed by atoms with Crippen molar-refractivity contribution >= 4 is 130 Å². The predicted octanol–water partition coefficient (Wildman–Crippen LogP) is 17.8. The third-order valence-corrected chi connectivity index (χ3v) is 22.2. The van der Waals surface area contributed by atoms with Gasteiger partial charge in [-0.15, -0.1) is 34.0 Å². The molecule has 470 valence electrons. The number of nitrogens with zero attached hydrogens (tertiary/aromatic N) is 3. The van der Waals surface area contributed by atoms with Crippen LogP contribution in [0.5, 0.6) is 17.2 Å². The summed E-state index contributed by atoms with van der Waals surface area (Å²) in [5.41, 5.74) is 7.71. The Morgan fingerprint density at radius 3 is 1.28 bits per heavy atom. The van der Waals surface area contributed by atoms with Crippen LogP contribution in [0.15, 0.2) is 144 Å². The molecule has 0 unspecified atom stereocenters. The molecule has 0 saturated carbocycles. The summed E-state index contributed by atoms with van der Waals surface area (Å²) in [6.45, 7) is 22.9. The highest BCUT2D eigenvalue weighted by Gasteiger charge is 2.53. The molecule has 0 radical (unpaired) electrons. The van der Waals surface area contributed by atoms with E-state index in [0.29, 0.717) is 17.3 Å². The summed E-state index contributed by atoms with van der Waals surface area (Å²) in [4.78, 5) is 20.6. The first-order valence-corrected chi connectivity index (χ1v) is 34.9. The molecule has 5 aliphatic rings. The molecule has 8 heterocycles. The highest BCUT2D eigenvalue weighted by atomic mass is 79.9. The Bertz CT molecular complexity index is 3600. The summed E-state index contributed by atoms with van der Waals surface area (Å²) >= 11 is 15.2. The minimum atomic E-state index is -0.866. The van der Waals surface area contributed by atoms with Gasteiger partial charge in [0.2, 0.25) is 0 Å². The van der Waals surface area contributed by atoms with Gasteiger partial charge in [-0.1, -0.05) is 36.4 Å². The second-order valence-electron chi connectivity index (χ2n) is 24.4. The van der Waals surface area contributed by atoms with Gasteiger partial charge in [0.25, 0.3) is 0 Å². The third-order valence-electron chi connectivity index (χ3n) is 17.2. The summed E-state index contributed by atoms with van der Waals surface area (Å²) in [5.74, 6) is -2.52. The summed E-state index contributed by atoms with van der Waals surface area (Å²) in [6.07, 6.45) is 8.20. The van der Waals surface area contributed by atoms with Crippen LogP contribution in [0.1, 0.15) is 104 Å². The number of carbonyl (C=O) groups excluding carboxylic acids is 1. The van der Waals surface area contributed by atoms with Gasteiger partial charge in [-0.2, -0.15) is 0 Å². The van der Waals surface area contributed by atoms with Crippen LogP contribution in [0.3, 0.4) is 0 Å². The average molecular weight is 1460 g/mol. The zero-order chi connectivity index (χ0) is 63.8. The Hall–Kier alpha value is -5.06. The first-order chi connectivity index (χ1) is 42.3. The molecule has 8 aromatic rings. The van der Waals surface area contributed by atoms with Crippen LogP contribution in [-0.4, -0.2) is 99.5 Å². The molecule has 21 heteroatoms. The molecular formula is C68H76B2Br3F2N3O8S3. The maximum Gasteiger partial charge on any atom is 0.494 e. The fourth-order valence-corrected chi connectivity index (χ4v) is 14.9. The molecule has 0 amide bonds. The van der Waals surface area contributed by atoms with Gasteiger partial charge in [-0.05, 0) is 259 Å². The molecule has 0 aliphatic carbocycles. The number of ether oxygens (including phenoxy) is 1. The van der Waals surface area contributed by atoms with E-state index in [9.17, 15) is 23.8 Å². The number of aromatic hydroxyl groups is 2. The molecule has 5 saturated heterocycles. The number of halogens is 5. The van der Waals surface area contributed by atoms with Crippen molar-refractivity contribution in [2.45, 2.75) is 116 Å². The molecule has 11 nitrogen and oxygen atoms in total. The Balaban J connectivity index is 0.000000137. The van der Waals surface area contributed by atoms with E-state index in [4.69, 9.17) is 23.4 Å². The molecule has 5 aromatic carbocycles. The second-order valence-corrected chi connectivity index (χ2v) is 30.4. The number of thiophene rings is 3. The monoisotopic (exact) mass is 1460 g/mol. The van der Waals surface area contributed by atoms with Gasteiger partial charge in [-0.3, -0.25) is 4.79 Å². The molecule has 3 aromatic heterocycles. The van der Waals surface area contributed by atoms with Crippen molar-refractivity contribution in [1.29, 1.82) is 0 Å². The molecule has 5 fully saturated rings. The van der Waals surface area contributed by atoms with Crippen molar-refractivity contribution < 1.29 is 47.1 Å². The molecule has 0 atom stereocenters. The SMILES string of the molecule is Brc1csc(-c2ccc(N3CCCC3)cc2)c1.Brc1csc(Br)c1.CC1(C)OB(c2cc(F)c(O)c(C=O)c2)OC1(C)C.CC1(C)OB(c2ccc(N3CCCC3)cc2)OC1(C)C.COc1cc(-c2csc(-c3ccc(N4CCCC4)cc3)c2)cc(F)c1O. The molecular weight excluding hydrogens is 1380 g/mol. The van der Waals surface area contributed by atoms with Crippen LogP contribution in [0, 0.1) is 11.6 Å². The topological polar surface area (TPSA) is 113 Å². The summed E-state index contributed by atoms with van der Waals surface area (Å²) in [6, 6.07) is 37.9. The van der Waals surface area contributed by atoms with E-state index < -0.39 is 41.5 Å². The Morgan fingerprint density at radius 2 is 0.888 bits per heavy atom. The lowest BCUT2D eigenvalue weighted by Crippen LogP contribution is -2.41. The van der Waals surface area contributed by atoms with E-state index in [2.05, 4.69) is 174 Å². The first-order valence-electron chi connectivity index (χ1n) is 29.9. The number of carbonyl (C=O) groups is 1. The zero-order valence-corrected chi connectivity index (χ0v) is 58.9. The van der Waals surface area contributed by atoms with Gasteiger partial charge in [0.1, 0.15) is 0 Å². The van der Waals surface area contributed by atoms with E-state index in [1.807, 2.05) is 50.6 Å². The lowest BCUT2D eigenvalue weighted by Gasteiger charge is -2.32. The fraction of sp³-hybridized carbons (Fsp3) is 0.368. The number of hydrogen-bond acceptors (Lipinski definition) is 14. The van der Waals surface area contributed by atoms with Crippen LogP contribution >= 0.6 is 81.8 Å². The molecule has 0 bridgehead atoms. The number of aldehydes is 1. The first kappa shape index (κ1) is 68.3. The maximum atomic E-state index is 13.9. The fourth-order valence-electron chi connectivity index (χ4n) is 10.6. The van der Waals surface area contributed by atoms with E-state index in [0.717, 1.165) is 45.1 Å². The van der Waals surface area contributed by atoms with Crippen molar-refractivity contribution in [3.8, 4) is 49.3 Å². The van der Waals surface area contributed by atoms with Crippen molar-refractivity contribution in [3.63, 3.8) is 0 Å². The standard InChI is InChI=1S/C21H20FNO2S.C16H24BNO2.C14H14BrNS.C13H16BFO4.C4H2Br2S/c1-25-19-11-15(10-18(22)21(19)24)16-12-20(26-13-16)14-4-6-17(7-5-14)23-8-2-3-9-23;1-15(2)16(3,4)20-17(19-15)13-7-9-14(10-8-13)18-11-5-6-12-18;15-12-9-14(17-10-12)11-3-5-13(6-4-11)16-7-1-2-8-16;1-12(2)13(3,4)19-14(18-12)9-5-8(7-16)11(17)10(15)6-9;5-3-1-4(6)7-2-3/h4-7,10-13,24H,2-3,8-9H2,1H3;7-10H,5-6,11-12H2,1-4H3;3-6,9-10H,1-2,7-8H2;5-7,17H,1-4H3;1-2H. The maximum absolute atomic E-state index is 13.9. The number of methoxy groups -OCH3 is 1. The Labute approximate surface area is 561 Å². The number of phenolic OH excluding ortho intramolecular Hbond substituents is 2. The van der Waals surface area contributed by atoms with Gasteiger partial charge >= 0.3 is 14.2 Å². The third kappa shape index (κ3) is 17.0. The smallest absolute Gasteiger partial charge is 0.494 e. The largest absolute Gasteiger partial charge is 0.504 e. The molecule has 5 aliphatic heterocycles. The van der Waals surface area contributed by atoms with Crippen LogP contribution in [0.2, 0.25) is 0 Å². The Morgan fingerprint density at radius 1 is 0.483 bits per heavy atom. The van der Waals surface area contributed by atoms with Gasteiger partial charge in [0, 0.05) is 85.8 Å². The predicted molar refractivity (Wildman–Crippen MR) is 376 cm³/mol. The van der Waals surface area contributed by atoms with E-state index in [-0.39, 0.29) is 29.6 Å². The van der Waals surface area contributed by atoms with Gasteiger partial charge in [0.05, 0.1) is 38.9 Å². The van der Waals surface area contributed by atoms with E-state index in [1.54, 1.807) is 40.1 Å². The quantitative estimate of drug-likeness (QED) is 0.101. The lowest BCUT2D eigenvalue weighted by atomic mass is 9.78. The molecule has 13 rings (SSSR count). The van der Waals surface area contributed by atoms with Crippen LogP contribution in [-0.2, 0) is 18.6 Å². The summed E-state index contributed by atoms with van der Waals surface area (Å²) in [5, 5.41) is 25.2. The van der Waals surface area contributed by atoms with E-state index >= 15 is 0 Å². The minimum absolute atomic E-state index is 0.121. The van der Waals surface area contributed by atoms with Crippen molar-refractivity contribution in [1.82, 2.24) is 0 Å². The molecule has 0 spiro atoms. The van der Waals surface area contributed by atoms with E-state index in [1.165, 1.54) is 120 Å². The average Bonchev–Trinajstić information content (AvgIpc) is 2.60. The molecule has 89 heavy (non-hydrogen) atoms. The minimum Gasteiger partial charge on any atom is -0.504 e. The van der Waals surface area contributed by atoms with Crippen LogP contribution in [0.4, 0.5) is 25.8 Å². The van der Waals surface area contributed by atoms with Gasteiger partial charge < -0.3 is 48.3 Å². The number of phenols is 2. The summed E-state index contributed by atoms with van der Waals surface area (Å²) < 4.78 is 59.7. The number of anilines is 3. The normalized spacial score (nSPS) is 17.7. The van der Waals surface area contributed by atoms with Gasteiger partial charge in [0.15, 0.2) is 35.2 Å². The lowest BCUT2D eigenvalue weighted by molar-refractivity contribution is 0.00578. The second kappa shape index (κ2) is 29.7. The molecule has 2 N–H and O–H groups in total. The van der Waals surface area contributed by atoms with Crippen LogP contribution < -0.4 is 30.4 Å². The highest BCUT2D eigenvalue weighted by molar-refractivity contribution is 9.11.